The number of hydrogen-bond donors (Lipinski definition) is 2. The number of hydrogen-bond acceptors (Lipinski definition) is 4. The highest BCUT2D eigenvalue weighted by molar-refractivity contribution is 5.81. The van der Waals surface area contributed by atoms with E-state index in [9.17, 15) is 4.79 Å². The van der Waals surface area contributed by atoms with Gasteiger partial charge in [0.2, 0.25) is 6.41 Å². The third kappa shape index (κ3) is 8.06. The molecule has 3 rings (SSSR count). The molecule has 0 fully saturated rings. The number of carbonyl (C=O) groups is 1. The summed E-state index contributed by atoms with van der Waals surface area (Å²) in [5.41, 5.74) is 6.94. The van der Waals surface area contributed by atoms with Gasteiger partial charge in [0.15, 0.2) is 0 Å². The third-order valence-electron chi connectivity index (χ3n) is 4.38. The molecule has 0 bridgehead atoms. The van der Waals surface area contributed by atoms with Crippen molar-refractivity contribution in [3.05, 3.63) is 47.5 Å². The fourth-order valence-corrected chi connectivity index (χ4v) is 2.86. The van der Waals surface area contributed by atoms with Crippen LogP contribution in [0.2, 0.25) is 0 Å². The van der Waals surface area contributed by atoms with Crippen LogP contribution in [-0.2, 0) is 4.79 Å². The monoisotopic (exact) mass is 400 g/mol. The molecule has 0 atom stereocenters. The summed E-state index contributed by atoms with van der Waals surface area (Å²) in [4.78, 5) is 14.8. The van der Waals surface area contributed by atoms with Crippen LogP contribution in [0.5, 0.6) is 0 Å². The average molecular weight is 401 g/mol. The van der Waals surface area contributed by atoms with Crippen LogP contribution in [-0.4, -0.2) is 40.6 Å². The molecule has 162 valence electrons. The van der Waals surface area contributed by atoms with Crippen molar-refractivity contribution in [2.24, 2.45) is 0 Å². The molecule has 0 saturated heterocycles. The third-order valence-corrected chi connectivity index (χ3v) is 4.38. The van der Waals surface area contributed by atoms with E-state index in [1.165, 1.54) is 16.9 Å². The Morgan fingerprint density at radius 2 is 1.31 bits per heavy atom. The highest BCUT2D eigenvalue weighted by Crippen LogP contribution is 2.31. The zero-order valence-corrected chi connectivity index (χ0v) is 19.8. The van der Waals surface area contributed by atoms with Crippen LogP contribution in [0, 0.1) is 13.8 Å². The first-order valence-electron chi connectivity index (χ1n) is 10.5. The SMILES string of the molecule is CC.CC.CNc1cc(C)ccc1NC=O.Cc1ccc2c(c1)N(C)CCN2C. The van der Waals surface area contributed by atoms with Crippen molar-refractivity contribution >= 4 is 29.2 Å². The van der Waals surface area contributed by atoms with Crippen molar-refractivity contribution in [2.75, 3.05) is 54.7 Å². The van der Waals surface area contributed by atoms with Crippen molar-refractivity contribution in [3.8, 4) is 0 Å². The quantitative estimate of drug-likeness (QED) is 0.664. The Morgan fingerprint density at radius 1 is 0.793 bits per heavy atom. The lowest BCUT2D eigenvalue weighted by molar-refractivity contribution is -0.105. The Morgan fingerprint density at radius 3 is 1.86 bits per heavy atom. The van der Waals surface area contributed by atoms with E-state index >= 15 is 0 Å². The van der Waals surface area contributed by atoms with Crippen LogP contribution in [0.25, 0.3) is 0 Å². The number of nitrogens with zero attached hydrogens (tertiary/aromatic N) is 2. The molecule has 1 aliphatic heterocycles. The molecule has 2 aromatic rings. The molecule has 1 heterocycles. The summed E-state index contributed by atoms with van der Waals surface area (Å²) < 4.78 is 0. The highest BCUT2D eigenvalue weighted by atomic mass is 16.1. The van der Waals surface area contributed by atoms with E-state index in [0.717, 1.165) is 30.0 Å². The van der Waals surface area contributed by atoms with Gasteiger partial charge in [0.05, 0.1) is 22.7 Å². The van der Waals surface area contributed by atoms with E-state index < -0.39 is 0 Å². The second-order valence-electron chi connectivity index (χ2n) is 6.40. The molecule has 0 aromatic heterocycles. The average Bonchev–Trinajstić information content (AvgIpc) is 2.75. The summed E-state index contributed by atoms with van der Waals surface area (Å²) in [5.74, 6) is 0. The van der Waals surface area contributed by atoms with Gasteiger partial charge in [-0.1, -0.05) is 39.8 Å². The van der Waals surface area contributed by atoms with Gasteiger partial charge in [-0.2, -0.15) is 0 Å². The van der Waals surface area contributed by atoms with Gasteiger partial charge in [0.25, 0.3) is 0 Å². The summed E-state index contributed by atoms with van der Waals surface area (Å²) in [7, 11) is 6.14. The Balaban J connectivity index is 0.000000463. The minimum absolute atomic E-state index is 0.672. The summed E-state index contributed by atoms with van der Waals surface area (Å²) in [6.07, 6.45) is 0.672. The van der Waals surface area contributed by atoms with Gasteiger partial charge >= 0.3 is 0 Å². The normalized spacial score (nSPS) is 11.3. The number of anilines is 4. The smallest absolute Gasteiger partial charge is 0.211 e. The van der Waals surface area contributed by atoms with Gasteiger partial charge in [-0.25, -0.2) is 0 Å². The van der Waals surface area contributed by atoms with Crippen LogP contribution >= 0.6 is 0 Å². The summed E-state index contributed by atoms with van der Waals surface area (Å²) >= 11 is 0. The number of fused-ring (bicyclic) bond motifs is 1. The van der Waals surface area contributed by atoms with Gasteiger partial charge < -0.3 is 20.4 Å². The number of rotatable bonds is 3. The maximum atomic E-state index is 10.2. The summed E-state index contributed by atoms with van der Waals surface area (Å²) in [6, 6.07) is 12.4. The number of likely N-dealkylation sites (N-methyl/N-ethyl adjacent to an activating group) is 2. The number of carbonyl (C=O) groups excluding carboxylic acids is 1. The minimum Gasteiger partial charge on any atom is -0.386 e. The molecule has 2 N–H and O–H groups in total. The van der Waals surface area contributed by atoms with Crippen molar-refractivity contribution in [3.63, 3.8) is 0 Å². The first kappa shape index (κ1) is 26.3. The molecule has 1 aliphatic rings. The van der Waals surface area contributed by atoms with Crippen molar-refractivity contribution in [1.29, 1.82) is 0 Å². The summed E-state index contributed by atoms with van der Waals surface area (Å²) in [6.45, 7) is 14.4. The number of aryl methyl sites for hydroxylation is 2. The van der Waals surface area contributed by atoms with Gasteiger partial charge in [-0.3, -0.25) is 4.79 Å². The van der Waals surface area contributed by atoms with Gasteiger partial charge in [-0.15, -0.1) is 0 Å². The predicted octanol–water partition coefficient (Wildman–Crippen LogP) is 5.54. The van der Waals surface area contributed by atoms with E-state index in [0.29, 0.717) is 6.41 Å². The molecule has 0 saturated carbocycles. The Bertz CT molecular complexity index is 731. The van der Waals surface area contributed by atoms with Crippen molar-refractivity contribution in [1.82, 2.24) is 0 Å². The van der Waals surface area contributed by atoms with Crippen molar-refractivity contribution in [2.45, 2.75) is 41.5 Å². The summed E-state index contributed by atoms with van der Waals surface area (Å²) in [5, 5.41) is 5.61. The van der Waals surface area contributed by atoms with Crippen LogP contribution in [0.1, 0.15) is 38.8 Å². The molecular weight excluding hydrogens is 360 g/mol. The molecule has 0 unspecified atom stereocenters. The molecule has 0 aliphatic carbocycles. The zero-order chi connectivity index (χ0) is 22.4. The second kappa shape index (κ2) is 14.3. The molecule has 0 radical (unpaired) electrons. The van der Waals surface area contributed by atoms with E-state index in [2.05, 4.69) is 59.7 Å². The number of amides is 1. The van der Waals surface area contributed by atoms with Crippen molar-refractivity contribution < 1.29 is 4.79 Å². The molecular formula is C24H40N4O. The van der Waals surface area contributed by atoms with Crippen LogP contribution in [0.3, 0.4) is 0 Å². The maximum absolute atomic E-state index is 10.2. The first-order valence-corrected chi connectivity index (χ1v) is 10.5. The molecule has 0 spiro atoms. The minimum atomic E-state index is 0.672. The van der Waals surface area contributed by atoms with Crippen LogP contribution in [0.15, 0.2) is 36.4 Å². The Labute approximate surface area is 178 Å². The first-order chi connectivity index (χ1) is 14.0. The fraction of sp³-hybridized carbons (Fsp3) is 0.458. The Hall–Kier alpha value is -2.69. The number of nitrogens with one attached hydrogen (secondary N) is 2. The molecule has 1 amide bonds. The van der Waals surface area contributed by atoms with Gasteiger partial charge in [0.1, 0.15) is 0 Å². The second-order valence-corrected chi connectivity index (χ2v) is 6.40. The topological polar surface area (TPSA) is 47.6 Å². The van der Waals surface area contributed by atoms with Gasteiger partial charge in [-0.05, 0) is 49.2 Å². The Kier molecular flexibility index (Phi) is 13.0. The molecule has 2 aromatic carbocycles. The van der Waals surface area contributed by atoms with E-state index in [1.807, 2.05) is 59.9 Å². The fourth-order valence-electron chi connectivity index (χ4n) is 2.86. The largest absolute Gasteiger partial charge is 0.386 e. The lowest BCUT2D eigenvalue weighted by Crippen LogP contribution is -2.36. The van der Waals surface area contributed by atoms with E-state index in [4.69, 9.17) is 0 Å². The highest BCUT2D eigenvalue weighted by Gasteiger charge is 2.16. The standard InChI is InChI=1S/C11H16N2.C9H12N2O.2C2H6/c1-9-4-5-10-11(8-9)13(3)7-6-12(10)2;1-7-3-4-8(11-6-12)9(5-7)10-2;2*1-2/h4-5,8H,6-7H2,1-3H3;3-6,10H,1-2H3,(H,11,12);2*1-2H3. The molecule has 5 heteroatoms. The zero-order valence-electron chi connectivity index (χ0n) is 19.8. The van der Waals surface area contributed by atoms with Gasteiger partial charge in [0, 0.05) is 34.2 Å². The van der Waals surface area contributed by atoms with E-state index in [-0.39, 0.29) is 0 Å². The van der Waals surface area contributed by atoms with Crippen LogP contribution < -0.4 is 20.4 Å². The van der Waals surface area contributed by atoms with E-state index in [1.54, 1.807) is 0 Å². The lowest BCUT2D eigenvalue weighted by atomic mass is 10.1. The maximum Gasteiger partial charge on any atom is 0.211 e. The lowest BCUT2D eigenvalue weighted by Gasteiger charge is -2.34. The molecule has 29 heavy (non-hydrogen) atoms. The van der Waals surface area contributed by atoms with Crippen LogP contribution in [0.4, 0.5) is 22.7 Å². The molecule has 5 nitrogen and oxygen atoms in total. The predicted molar refractivity (Wildman–Crippen MR) is 131 cm³/mol. The number of benzene rings is 2.